The van der Waals surface area contributed by atoms with E-state index in [2.05, 4.69) is 6.92 Å². The minimum absolute atomic E-state index is 0.338. The third kappa shape index (κ3) is 2.88. The van der Waals surface area contributed by atoms with Crippen molar-refractivity contribution >= 4 is 0 Å². The van der Waals surface area contributed by atoms with Crippen LogP contribution in [0.4, 0.5) is 13.2 Å². The fourth-order valence-electron chi connectivity index (χ4n) is 2.82. The fourth-order valence-corrected chi connectivity index (χ4v) is 2.82. The maximum absolute atomic E-state index is 13.2. The lowest BCUT2D eigenvalue weighted by atomic mass is 9.96. The molecule has 3 rings (SSSR count). The Morgan fingerprint density at radius 3 is 2.46 bits per heavy atom. The van der Waals surface area contributed by atoms with Crippen LogP contribution in [0.1, 0.15) is 11.1 Å². The largest absolute Gasteiger partial charge is 0.497 e. The standard InChI is InChI=1S/C18H16F3O3/c1-10-6-11-7-12(18(19,20)21)8-15(17(11)24-10)14-5-4-13(22-2)9-16(14)23-3/h4-5,7-10H,1,6H2,2-3H3. The van der Waals surface area contributed by atoms with E-state index in [9.17, 15) is 13.2 Å². The lowest BCUT2D eigenvalue weighted by Crippen LogP contribution is -2.06. The number of ether oxygens (including phenoxy) is 3. The molecule has 0 spiro atoms. The van der Waals surface area contributed by atoms with Crippen LogP contribution in [0.25, 0.3) is 11.1 Å². The molecule has 24 heavy (non-hydrogen) atoms. The van der Waals surface area contributed by atoms with Gasteiger partial charge in [0.05, 0.1) is 19.8 Å². The van der Waals surface area contributed by atoms with Crippen molar-refractivity contribution in [3.63, 3.8) is 0 Å². The average molecular weight is 337 g/mol. The van der Waals surface area contributed by atoms with Crippen molar-refractivity contribution in [1.82, 2.24) is 0 Å². The summed E-state index contributed by atoms with van der Waals surface area (Å²) >= 11 is 0. The molecule has 1 atom stereocenters. The molecule has 1 unspecified atom stereocenters. The smallest absolute Gasteiger partial charge is 0.416 e. The number of fused-ring (bicyclic) bond motifs is 1. The highest BCUT2D eigenvalue weighted by Gasteiger charge is 2.35. The normalized spacial score (nSPS) is 16.5. The molecule has 6 heteroatoms. The Bertz CT molecular complexity index is 769. The molecule has 0 amide bonds. The molecule has 2 aromatic carbocycles. The molecule has 0 fully saturated rings. The van der Waals surface area contributed by atoms with E-state index in [0.29, 0.717) is 40.4 Å². The zero-order valence-corrected chi connectivity index (χ0v) is 13.2. The second-order valence-electron chi connectivity index (χ2n) is 5.52. The molecule has 0 saturated heterocycles. The predicted molar refractivity (Wildman–Crippen MR) is 83.5 cm³/mol. The maximum atomic E-state index is 13.2. The summed E-state index contributed by atoms with van der Waals surface area (Å²) in [6.45, 7) is 3.79. The molecule has 127 valence electrons. The van der Waals surface area contributed by atoms with E-state index in [-0.39, 0.29) is 0 Å². The van der Waals surface area contributed by atoms with E-state index < -0.39 is 17.8 Å². The van der Waals surface area contributed by atoms with Crippen molar-refractivity contribution in [3.8, 4) is 28.4 Å². The molecule has 0 aromatic heterocycles. The number of benzene rings is 2. The van der Waals surface area contributed by atoms with Gasteiger partial charge in [-0.25, -0.2) is 0 Å². The van der Waals surface area contributed by atoms with Gasteiger partial charge in [-0.05, 0) is 36.8 Å². The van der Waals surface area contributed by atoms with Crippen LogP contribution in [0.5, 0.6) is 17.2 Å². The topological polar surface area (TPSA) is 27.7 Å². The molecule has 0 N–H and O–H groups in total. The van der Waals surface area contributed by atoms with Crippen LogP contribution < -0.4 is 14.2 Å². The van der Waals surface area contributed by atoms with Crippen molar-refractivity contribution < 1.29 is 27.4 Å². The van der Waals surface area contributed by atoms with Crippen molar-refractivity contribution in [2.75, 3.05) is 14.2 Å². The van der Waals surface area contributed by atoms with Crippen molar-refractivity contribution in [2.24, 2.45) is 0 Å². The Balaban J connectivity index is 2.23. The van der Waals surface area contributed by atoms with Gasteiger partial charge >= 0.3 is 6.18 Å². The highest BCUT2D eigenvalue weighted by atomic mass is 19.4. The first-order chi connectivity index (χ1) is 11.3. The van der Waals surface area contributed by atoms with Crippen LogP contribution in [0, 0.1) is 6.92 Å². The van der Waals surface area contributed by atoms with Crippen molar-refractivity contribution in [1.29, 1.82) is 0 Å². The Morgan fingerprint density at radius 2 is 1.83 bits per heavy atom. The summed E-state index contributed by atoms with van der Waals surface area (Å²) in [6, 6.07) is 7.16. The molecule has 2 aromatic rings. The van der Waals surface area contributed by atoms with Crippen LogP contribution in [0.3, 0.4) is 0 Å². The van der Waals surface area contributed by atoms with Gasteiger partial charge in [0.15, 0.2) is 0 Å². The van der Waals surface area contributed by atoms with Crippen LogP contribution in [0.15, 0.2) is 30.3 Å². The molecule has 1 radical (unpaired) electrons. The summed E-state index contributed by atoms with van der Waals surface area (Å²) in [5, 5.41) is 0. The lowest BCUT2D eigenvalue weighted by Gasteiger charge is -2.16. The Kier molecular flexibility index (Phi) is 4.07. The molecule has 3 nitrogen and oxygen atoms in total. The van der Waals surface area contributed by atoms with Gasteiger partial charge < -0.3 is 14.2 Å². The van der Waals surface area contributed by atoms with E-state index in [0.717, 1.165) is 12.1 Å². The third-order valence-electron chi connectivity index (χ3n) is 3.92. The monoisotopic (exact) mass is 337 g/mol. The highest BCUT2D eigenvalue weighted by Crippen LogP contribution is 2.46. The SMILES string of the molecule is [CH2]C1Cc2cc(C(F)(F)F)cc(-c3ccc(OC)cc3OC)c2O1. The number of alkyl halides is 3. The first-order valence-corrected chi connectivity index (χ1v) is 7.29. The summed E-state index contributed by atoms with van der Waals surface area (Å²) in [5.74, 6) is 1.38. The second kappa shape index (κ2) is 5.92. The van der Waals surface area contributed by atoms with E-state index in [4.69, 9.17) is 14.2 Å². The molecule has 1 aliphatic rings. The predicted octanol–water partition coefficient (Wildman–Crippen LogP) is 4.53. The van der Waals surface area contributed by atoms with Gasteiger partial charge in [-0.2, -0.15) is 13.2 Å². The summed E-state index contributed by atoms with van der Waals surface area (Å²) in [4.78, 5) is 0. The summed E-state index contributed by atoms with van der Waals surface area (Å²) in [7, 11) is 2.96. The van der Waals surface area contributed by atoms with Crippen molar-refractivity contribution in [2.45, 2.75) is 18.7 Å². The lowest BCUT2D eigenvalue weighted by molar-refractivity contribution is -0.137. The Hall–Kier alpha value is -2.37. The molecule has 0 bridgehead atoms. The minimum atomic E-state index is -4.44. The number of hydrogen-bond acceptors (Lipinski definition) is 3. The van der Waals surface area contributed by atoms with Gasteiger partial charge in [0.2, 0.25) is 0 Å². The van der Waals surface area contributed by atoms with Crippen LogP contribution in [-0.2, 0) is 12.6 Å². The third-order valence-corrected chi connectivity index (χ3v) is 3.92. The van der Waals surface area contributed by atoms with Gasteiger partial charge in [0, 0.05) is 23.6 Å². The molecular formula is C18H16F3O3. The van der Waals surface area contributed by atoms with E-state index in [1.807, 2.05) is 0 Å². The van der Waals surface area contributed by atoms with Crippen molar-refractivity contribution in [3.05, 3.63) is 48.4 Å². The van der Waals surface area contributed by atoms with E-state index in [1.54, 1.807) is 18.2 Å². The Labute approximate surface area is 138 Å². The quantitative estimate of drug-likeness (QED) is 0.824. The van der Waals surface area contributed by atoms with Gasteiger partial charge in [-0.3, -0.25) is 0 Å². The van der Waals surface area contributed by atoms with Gasteiger partial charge in [0.25, 0.3) is 0 Å². The van der Waals surface area contributed by atoms with E-state index in [1.165, 1.54) is 14.2 Å². The van der Waals surface area contributed by atoms with Gasteiger partial charge in [0.1, 0.15) is 23.4 Å². The highest BCUT2D eigenvalue weighted by molar-refractivity contribution is 5.79. The molecule has 1 aliphatic heterocycles. The zero-order valence-electron chi connectivity index (χ0n) is 13.2. The van der Waals surface area contributed by atoms with Gasteiger partial charge in [-0.15, -0.1) is 0 Å². The summed E-state index contributed by atoms with van der Waals surface area (Å²) in [6.07, 6.45) is -4.51. The minimum Gasteiger partial charge on any atom is -0.497 e. The zero-order chi connectivity index (χ0) is 17.5. The first-order valence-electron chi connectivity index (χ1n) is 7.29. The fraction of sp³-hybridized carbons (Fsp3) is 0.278. The molecule has 0 saturated carbocycles. The van der Waals surface area contributed by atoms with Crippen LogP contribution >= 0.6 is 0 Å². The van der Waals surface area contributed by atoms with Crippen LogP contribution in [-0.4, -0.2) is 20.3 Å². The van der Waals surface area contributed by atoms with E-state index >= 15 is 0 Å². The molecule has 1 heterocycles. The average Bonchev–Trinajstić information content (AvgIpc) is 2.92. The summed E-state index contributed by atoms with van der Waals surface area (Å²) in [5.41, 5.74) is 0.629. The molecule has 0 aliphatic carbocycles. The number of methoxy groups -OCH3 is 2. The maximum Gasteiger partial charge on any atom is 0.416 e. The second-order valence-corrected chi connectivity index (χ2v) is 5.52. The van der Waals surface area contributed by atoms with Gasteiger partial charge in [-0.1, -0.05) is 0 Å². The first kappa shape index (κ1) is 16.5. The van der Waals surface area contributed by atoms with Crippen LogP contribution in [0.2, 0.25) is 0 Å². The summed E-state index contributed by atoms with van der Waals surface area (Å²) < 4.78 is 55.8. The molecular weight excluding hydrogens is 321 g/mol. The number of hydrogen-bond donors (Lipinski definition) is 0. The number of rotatable bonds is 3. The Morgan fingerprint density at radius 1 is 1.08 bits per heavy atom. The number of halogens is 3.